The second kappa shape index (κ2) is 2.64. The molecule has 0 aliphatic rings. The standard InChI is InChI=1S/C13H9N3/c1-2-9-11-10(16-13(9)15-6-1)4-3-8-5-7-14-12(8)11/h1-7,14H,(H,15,16). The number of aromatic nitrogens is 3. The van der Waals surface area contributed by atoms with Crippen LogP contribution in [0.25, 0.3) is 32.8 Å². The minimum absolute atomic E-state index is 0.944. The molecule has 3 aromatic heterocycles. The molecule has 1 aromatic carbocycles. The van der Waals surface area contributed by atoms with Crippen LogP contribution in [0.2, 0.25) is 0 Å². The van der Waals surface area contributed by atoms with Crippen molar-refractivity contribution in [3.8, 4) is 0 Å². The zero-order chi connectivity index (χ0) is 10.5. The first-order chi connectivity index (χ1) is 7.93. The van der Waals surface area contributed by atoms with Gasteiger partial charge in [0.1, 0.15) is 5.65 Å². The van der Waals surface area contributed by atoms with Gasteiger partial charge in [0.2, 0.25) is 0 Å². The summed E-state index contributed by atoms with van der Waals surface area (Å²) in [5.41, 5.74) is 3.25. The van der Waals surface area contributed by atoms with Crippen LogP contribution in [0.3, 0.4) is 0 Å². The van der Waals surface area contributed by atoms with Gasteiger partial charge in [0.15, 0.2) is 0 Å². The van der Waals surface area contributed by atoms with Gasteiger partial charge in [0.25, 0.3) is 0 Å². The van der Waals surface area contributed by atoms with Crippen LogP contribution in [-0.2, 0) is 0 Å². The molecule has 16 heavy (non-hydrogen) atoms. The summed E-state index contributed by atoms with van der Waals surface area (Å²) in [7, 11) is 0. The van der Waals surface area contributed by atoms with Crippen molar-refractivity contribution >= 4 is 32.8 Å². The maximum absolute atomic E-state index is 4.34. The summed E-state index contributed by atoms with van der Waals surface area (Å²) in [5, 5.41) is 3.63. The molecule has 4 rings (SSSR count). The number of hydrogen-bond donors (Lipinski definition) is 2. The van der Waals surface area contributed by atoms with Crippen LogP contribution in [0, 0.1) is 0 Å². The van der Waals surface area contributed by atoms with Crippen LogP contribution >= 0.6 is 0 Å². The van der Waals surface area contributed by atoms with Gasteiger partial charge in [0.05, 0.1) is 5.52 Å². The molecule has 3 heterocycles. The molecule has 0 radical (unpaired) electrons. The van der Waals surface area contributed by atoms with E-state index in [0.717, 1.165) is 11.2 Å². The number of nitrogens with zero attached hydrogens (tertiary/aromatic N) is 1. The number of fused-ring (bicyclic) bond motifs is 5. The monoisotopic (exact) mass is 207 g/mol. The van der Waals surface area contributed by atoms with Gasteiger partial charge in [-0.2, -0.15) is 0 Å². The van der Waals surface area contributed by atoms with Gasteiger partial charge >= 0.3 is 0 Å². The molecule has 0 saturated heterocycles. The lowest BCUT2D eigenvalue weighted by atomic mass is 10.1. The lowest BCUT2D eigenvalue weighted by molar-refractivity contribution is 1.35. The Morgan fingerprint density at radius 1 is 1.06 bits per heavy atom. The largest absolute Gasteiger partial charge is 0.361 e. The van der Waals surface area contributed by atoms with Crippen molar-refractivity contribution in [2.45, 2.75) is 0 Å². The lowest BCUT2D eigenvalue weighted by Crippen LogP contribution is -1.72. The first kappa shape index (κ1) is 7.93. The molecule has 0 bridgehead atoms. The Kier molecular flexibility index (Phi) is 1.31. The van der Waals surface area contributed by atoms with E-state index < -0.39 is 0 Å². The van der Waals surface area contributed by atoms with E-state index in [1.54, 1.807) is 0 Å². The third kappa shape index (κ3) is 0.852. The predicted molar refractivity (Wildman–Crippen MR) is 65.5 cm³/mol. The van der Waals surface area contributed by atoms with Gasteiger partial charge < -0.3 is 9.97 Å². The molecule has 76 valence electrons. The number of pyridine rings is 1. The van der Waals surface area contributed by atoms with Crippen LogP contribution in [-0.4, -0.2) is 15.0 Å². The van der Waals surface area contributed by atoms with Crippen LogP contribution in [0.15, 0.2) is 42.7 Å². The highest BCUT2D eigenvalue weighted by Crippen LogP contribution is 2.30. The summed E-state index contributed by atoms with van der Waals surface area (Å²) in [4.78, 5) is 11.0. The summed E-state index contributed by atoms with van der Waals surface area (Å²) in [5.74, 6) is 0. The maximum Gasteiger partial charge on any atom is 0.138 e. The Hall–Kier alpha value is -2.29. The van der Waals surface area contributed by atoms with Gasteiger partial charge in [-0.15, -0.1) is 0 Å². The van der Waals surface area contributed by atoms with E-state index in [9.17, 15) is 0 Å². The van der Waals surface area contributed by atoms with Gasteiger partial charge in [-0.3, -0.25) is 0 Å². The molecule has 0 fully saturated rings. The van der Waals surface area contributed by atoms with E-state index in [1.165, 1.54) is 21.7 Å². The van der Waals surface area contributed by atoms with E-state index in [-0.39, 0.29) is 0 Å². The highest BCUT2D eigenvalue weighted by molar-refractivity contribution is 6.18. The molecule has 0 saturated carbocycles. The highest BCUT2D eigenvalue weighted by atomic mass is 14.8. The molecule has 2 N–H and O–H groups in total. The van der Waals surface area contributed by atoms with Crippen molar-refractivity contribution in [2.24, 2.45) is 0 Å². The molecule has 3 heteroatoms. The van der Waals surface area contributed by atoms with Crippen LogP contribution in [0.1, 0.15) is 0 Å². The molecular weight excluding hydrogens is 198 g/mol. The normalized spacial score (nSPS) is 11.8. The second-order valence-electron chi connectivity index (χ2n) is 3.95. The summed E-state index contributed by atoms with van der Waals surface area (Å²) < 4.78 is 0. The Morgan fingerprint density at radius 2 is 2.06 bits per heavy atom. The minimum Gasteiger partial charge on any atom is -0.361 e. The zero-order valence-corrected chi connectivity index (χ0v) is 8.49. The SMILES string of the molecule is c1cnc2[nH]c3ccc4cc[nH]c4c3c2c1. The van der Waals surface area contributed by atoms with Gasteiger partial charge in [-0.05, 0) is 24.3 Å². The number of nitrogens with one attached hydrogen (secondary N) is 2. The van der Waals surface area contributed by atoms with Crippen LogP contribution in [0.4, 0.5) is 0 Å². The third-order valence-electron chi connectivity index (χ3n) is 3.06. The van der Waals surface area contributed by atoms with Crippen molar-refractivity contribution in [1.29, 1.82) is 0 Å². The number of H-pyrrole nitrogens is 2. The van der Waals surface area contributed by atoms with E-state index >= 15 is 0 Å². The van der Waals surface area contributed by atoms with Gasteiger partial charge in [-0.1, -0.05) is 6.07 Å². The molecular formula is C13H9N3. The van der Waals surface area contributed by atoms with E-state index in [2.05, 4.69) is 39.2 Å². The average molecular weight is 207 g/mol. The Morgan fingerprint density at radius 3 is 3.06 bits per heavy atom. The summed E-state index contributed by atoms with van der Waals surface area (Å²) >= 11 is 0. The van der Waals surface area contributed by atoms with Crippen LogP contribution in [0.5, 0.6) is 0 Å². The fraction of sp³-hybridized carbons (Fsp3) is 0. The van der Waals surface area contributed by atoms with E-state index in [1.807, 2.05) is 18.5 Å². The van der Waals surface area contributed by atoms with Crippen molar-refractivity contribution in [1.82, 2.24) is 15.0 Å². The number of benzene rings is 1. The molecule has 0 amide bonds. The lowest BCUT2D eigenvalue weighted by Gasteiger charge is -1.93. The molecule has 0 unspecified atom stereocenters. The Balaban J connectivity index is 2.42. The third-order valence-corrected chi connectivity index (χ3v) is 3.06. The summed E-state index contributed by atoms with van der Waals surface area (Å²) in [6, 6.07) is 10.4. The topological polar surface area (TPSA) is 44.5 Å². The first-order valence-corrected chi connectivity index (χ1v) is 5.26. The summed E-state index contributed by atoms with van der Waals surface area (Å²) in [6.07, 6.45) is 3.78. The Labute approximate surface area is 91.1 Å². The molecule has 3 nitrogen and oxygen atoms in total. The van der Waals surface area contributed by atoms with Crippen molar-refractivity contribution in [3.05, 3.63) is 42.7 Å². The fourth-order valence-electron chi connectivity index (χ4n) is 2.35. The number of rotatable bonds is 0. The maximum atomic E-state index is 4.34. The summed E-state index contributed by atoms with van der Waals surface area (Å²) in [6.45, 7) is 0. The fourth-order valence-corrected chi connectivity index (χ4v) is 2.35. The van der Waals surface area contributed by atoms with Crippen molar-refractivity contribution in [3.63, 3.8) is 0 Å². The van der Waals surface area contributed by atoms with Crippen LogP contribution < -0.4 is 0 Å². The molecule has 0 spiro atoms. The van der Waals surface area contributed by atoms with Gasteiger partial charge in [0, 0.05) is 34.1 Å². The van der Waals surface area contributed by atoms with E-state index in [4.69, 9.17) is 0 Å². The number of aromatic amines is 2. The smallest absolute Gasteiger partial charge is 0.138 e. The molecule has 0 atom stereocenters. The Bertz CT molecular complexity index is 808. The quantitative estimate of drug-likeness (QED) is 0.457. The highest BCUT2D eigenvalue weighted by Gasteiger charge is 2.08. The average Bonchev–Trinajstić information content (AvgIpc) is 2.91. The molecule has 4 aromatic rings. The predicted octanol–water partition coefficient (Wildman–Crippen LogP) is 3.20. The van der Waals surface area contributed by atoms with Crippen molar-refractivity contribution < 1.29 is 0 Å². The first-order valence-electron chi connectivity index (χ1n) is 5.26. The molecule has 0 aliphatic heterocycles. The van der Waals surface area contributed by atoms with Gasteiger partial charge in [-0.25, -0.2) is 4.98 Å². The number of hydrogen-bond acceptors (Lipinski definition) is 1. The zero-order valence-electron chi connectivity index (χ0n) is 8.49. The molecule has 0 aliphatic carbocycles. The van der Waals surface area contributed by atoms with E-state index in [0.29, 0.717) is 0 Å². The minimum atomic E-state index is 0.944. The second-order valence-corrected chi connectivity index (χ2v) is 3.95. The van der Waals surface area contributed by atoms with Crippen molar-refractivity contribution in [2.75, 3.05) is 0 Å².